The quantitative estimate of drug-likeness (QED) is 0.661. The molecule has 0 aromatic rings. The number of aliphatic hydroxyl groups excluding tert-OH is 1. The lowest BCUT2D eigenvalue weighted by molar-refractivity contribution is -0.122. The van der Waals surface area contributed by atoms with Crippen molar-refractivity contribution in [3.8, 4) is 0 Å². The molecule has 0 aliphatic carbocycles. The van der Waals surface area contributed by atoms with Gasteiger partial charge < -0.3 is 10.8 Å². The fraction of sp³-hybridized carbons (Fsp3) is 0.900. The first kappa shape index (κ1) is 11.5. The average molecular weight is 200 g/mol. The molecule has 82 valence electrons. The van der Waals surface area contributed by atoms with E-state index in [-0.39, 0.29) is 24.5 Å². The maximum atomic E-state index is 10.9. The Morgan fingerprint density at radius 3 is 2.86 bits per heavy atom. The van der Waals surface area contributed by atoms with E-state index in [9.17, 15) is 9.90 Å². The molecule has 0 spiro atoms. The number of hydrogen-bond acceptors (Lipinski definition) is 3. The van der Waals surface area contributed by atoms with E-state index in [4.69, 9.17) is 5.73 Å². The van der Waals surface area contributed by atoms with Crippen molar-refractivity contribution in [2.45, 2.75) is 26.3 Å². The molecule has 4 nitrogen and oxygen atoms in total. The fourth-order valence-corrected chi connectivity index (χ4v) is 2.05. The lowest BCUT2D eigenvalue weighted by Crippen LogP contribution is -2.40. The van der Waals surface area contributed by atoms with Gasteiger partial charge in [-0.3, -0.25) is 9.69 Å². The molecule has 0 aromatic carbocycles. The molecular formula is C10H20N2O2. The molecule has 0 radical (unpaired) electrons. The van der Waals surface area contributed by atoms with Gasteiger partial charge in [0.25, 0.3) is 0 Å². The van der Waals surface area contributed by atoms with E-state index in [0.29, 0.717) is 12.5 Å². The van der Waals surface area contributed by atoms with Crippen molar-refractivity contribution in [1.82, 2.24) is 4.90 Å². The lowest BCUT2D eigenvalue weighted by Gasteiger charge is -2.26. The van der Waals surface area contributed by atoms with E-state index >= 15 is 0 Å². The maximum Gasteiger partial charge on any atom is 0.221 e. The number of likely N-dealkylation sites (tertiary alicyclic amines) is 1. The Balaban J connectivity index is 2.48. The molecule has 3 unspecified atom stereocenters. The van der Waals surface area contributed by atoms with Crippen LogP contribution < -0.4 is 5.73 Å². The Bertz CT molecular complexity index is 208. The van der Waals surface area contributed by atoms with Crippen molar-refractivity contribution in [1.29, 1.82) is 0 Å². The Morgan fingerprint density at radius 2 is 2.36 bits per heavy atom. The zero-order valence-corrected chi connectivity index (χ0v) is 8.94. The summed E-state index contributed by atoms with van der Waals surface area (Å²) < 4.78 is 0. The standard InChI is InChI=1S/C10H20N2O2/c1-7-3-4-12(9(7)6-13)5-8(2)10(11)14/h7-9,13H,3-6H2,1-2H3,(H2,11,14). The van der Waals surface area contributed by atoms with Crippen molar-refractivity contribution in [2.24, 2.45) is 17.6 Å². The summed E-state index contributed by atoms with van der Waals surface area (Å²) in [6, 6.07) is 0.205. The normalized spacial score (nSPS) is 30.5. The molecule has 1 heterocycles. The summed E-state index contributed by atoms with van der Waals surface area (Å²) in [5, 5.41) is 9.20. The van der Waals surface area contributed by atoms with Crippen LogP contribution in [0.4, 0.5) is 0 Å². The molecule has 1 saturated heterocycles. The highest BCUT2D eigenvalue weighted by molar-refractivity contribution is 5.76. The van der Waals surface area contributed by atoms with Crippen LogP contribution in [0.25, 0.3) is 0 Å². The minimum absolute atomic E-state index is 0.130. The predicted molar refractivity (Wildman–Crippen MR) is 54.6 cm³/mol. The number of rotatable bonds is 4. The van der Waals surface area contributed by atoms with Crippen molar-refractivity contribution < 1.29 is 9.90 Å². The number of carbonyl (C=O) groups is 1. The molecule has 3 N–H and O–H groups in total. The molecule has 4 heteroatoms. The molecule has 0 saturated carbocycles. The average Bonchev–Trinajstić information content (AvgIpc) is 2.46. The second kappa shape index (κ2) is 4.75. The van der Waals surface area contributed by atoms with Crippen molar-refractivity contribution in [2.75, 3.05) is 19.7 Å². The number of carbonyl (C=O) groups excluding carboxylic acids is 1. The van der Waals surface area contributed by atoms with E-state index in [0.717, 1.165) is 13.0 Å². The van der Waals surface area contributed by atoms with Crippen molar-refractivity contribution in [3.63, 3.8) is 0 Å². The summed E-state index contributed by atoms with van der Waals surface area (Å²) in [6.45, 7) is 5.77. The van der Waals surface area contributed by atoms with Gasteiger partial charge in [-0.1, -0.05) is 13.8 Å². The third kappa shape index (κ3) is 2.45. The van der Waals surface area contributed by atoms with Gasteiger partial charge in [-0.15, -0.1) is 0 Å². The van der Waals surface area contributed by atoms with Gasteiger partial charge in [0.1, 0.15) is 0 Å². The van der Waals surface area contributed by atoms with E-state index in [2.05, 4.69) is 11.8 Å². The molecule has 0 aromatic heterocycles. The summed E-state index contributed by atoms with van der Waals surface area (Å²) in [6.07, 6.45) is 1.09. The van der Waals surface area contributed by atoms with Gasteiger partial charge in [-0.25, -0.2) is 0 Å². The number of nitrogens with two attached hydrogens (primary N) is 1. The van der Waals surface area contributed by atoms with Crippen LogP contribution in [0.2, 0.25) is 0 Å². The highest BCUT2D eigenvalue weighted by Crippen LogP contribution is 2.24. The van der Waals surface area contributed by atoms with Crippen LogP contribution in [0.1, 0.15) is 20.3 Å². The Kier molecular flexibility index (Phi) is 3.89. The number of hydrogen-bond donors (Lipinski definition) is 2. The number of aliphatic hydroxyl groups is 1. The van der Waals surface area contributed by atoms with Crippen LogP contribution in [0.3, 0.4) is 0 Å². The minimum atomic E-state index is -0.263. The van der Waals surface area contributed by atoms with Crippen LogP contribution >= 0.6 is 0 Å². The van der Waals surface area contributed by atoms with E-state index < -0.39 is 0 Å². The topological polar surface area (TPSA) is 66.6 Å². The second-order valence-corrected chi connectivity index (χ2v) is 4.31. The van der Waals surface area contributed by atoms with Crippen LogP contribution in [-0.4, -0.2) is 41.7 Å². The third-order valence-corrected chi connectivity index (χ3v) is 3.18. The Labute approximate surface area is 85.1 Å². The Hall–Kier alpha value is -0.610. The highest BCUT2D eigenvalue weighted by atomic mass is 16.3. The van der Waals surface area contributed by atoms with Crippen LogP contribution in [0, 0.1) is 11.8 Å². The molecule has 14 heavy (non-hydrogen) atoms. The summed E-state index contributed by atoms with van der Waals surface area (Å²) in [5.41, 5.74) is 5.21. The van der Waals surface area contributed by atoms with Crippen molar-refractivity contribution in [3.05, 3.63) is 0 Å². The van der Waals surface area contributed by atoms with Gasteiger partial charge in [0.05, 0.1) is 6.61 Å². The van der Waals surface area contributed by atoms with Gasteiger partial charge in [0.15, 0.2) is 0 Å². The highest BCUT2D eigenvalue weighted by Gasteiger charge is 2.31. The predicted octanol–water partition coefficient (Wildman–Crippen LogP) is -0.189. The number of primary amides is 1. The minimum Gasteiger partial charge on any atom is -0.395 e. The van der Waals surface area contributed by atoms with E-state index in [1.54, 1.807) is 0 Å². The first-order valence-corrected chi connectivity index (χ1v) is 5.20. The zero-order valence-electron chi connectivity index (χ0n) is 8.94. The molecule has 0 bridgehead atoms. The zero-order chi connectivity index (χ0) is 10.7. The number of amides is 1. The fourth-order valence-electron chi connectivity index (χ4n) is 2.05. The first-order chi connectivity index (χ1) is 6.56. The van der Waals surface area contributed by atoms with Crippen LogP contribution in [0.15, 0.2) is 0 Å². The lowest BCUT2D eigenvalue weighted by atomic mass is 10.0. The van der Waals surface area contributed by atoms with Gasteiger partial charge in [-0.05, 0) is 18.9 Å². The third-order valence-electron chi connectivity index (χ3n) is 3.18. The Morgan fingerprint density at radius 1 is 1.71 bits per heavy atom. The maximum absolute atomic E-state index is 10.9. The molecule has 1 fully saturated rings. The second-order valence-electron chi connectivity index (χ2n) is 4.31. The van der Waals surface area contributed by atoms with Gasteiger partial charge in [0.2, 0.25) is 5.91 Å². The van der Waals surface area contributed by atoms with E-state index in [1.165, 1.54) is 0 Å². The summed E-state index contributed by atoms with van der Waals surface area (Å²) >= 11 is 0. The van der Waals surface area contributed by atoms with Crippen molar-refractivity contribution >= 4 is 5.91 Å². The van der Waals surface area contributed by atoms with Crippen LogP contribution in [0.5, 0.6) is 0 Å². The largest absolute Gasteiger partial charge is 0.395 e. The first-order valence-electron chi connectivity index (χ1n) is 5.20. The smallest absolute Gasteiger partial charge is 0.221 e. The molecule has 1 rings (SSSR count). The molecule has 3 atom stereocenters. The monoisotopic (exact) mass is 200 g/mol. The van der Waals surface area contributed by atoms with Gasteiger partial charge in [-0.2, -0.15) is 0 Å². The summed E-state index contributed by atoms with van der Waals surface area (Å²) in [5.74, 6) is 0.121. The van der Waals surface area contributed by atoms with Crippen LogP contribution in [-0.2, 0) is 4.79 Å². The molecule has 1 aliphatic rings. The molecular weight excluding hydrogens is 180 g/mol. The number of nitrogens with zero attached hydrogens (tertiary/aromatic N) is 1. The van der Waals surface area contributed by atoms with Gasteiger partial charge in [0, 0.05) is 18.5 Å². The summed E-state index contributed by atoms with van der Waals surface area (Å²) in [7, 11) is 0. The SMILES string of the molecule is CC(CN1CCC(C)C1CO)C(N)=O. The molecule has 1 aliphatic heterocycles. The van der Waals surface area contributed by atoms with E-state index in [1.807, 2.05) is 6.92 Å². The summed E-state index contributed by atoms with van der Waals surface area (Å²) in [4.78, 5) is 13.1. The van der Waals surface area contributed by atoms with Gasteiger partial charge >= 0.3 is 0 Å². The molecule has 1 amide bonds.